The molecule has 1 rings (SSSR count). The van der Waals surface area contributed by atoms with Gasteiger partial charge in [-0.15, -0.1) is 11.6 Å². The molecule has 72 valence electrons. The van der Waals surface area contributed by atoms with Crippen LogP contribution in [0.4, 0.5) is 8.78 Å². The zero-order valence-corrected chi connectivity index (χ0v) is 9.16. The summed E-state index contributed by atoms with van der Waals surface area (Å²) < 4.78 is 25.2. The highest BCUT2D eigenvalue weighted by Crippen LogP contribution is 2.26. The summed E-state index contributed by atoms with van der Waals surface area (Å²) in [6.45, 7) is 1.60. The molecular formula is C8H7BrClF2N. The highest BCUT2D eigenvalue weighted by atomic mass is 79.9. The normalized spacial score (nSPS) is 10.9. The first-order valence-corrected chi connectivity index (χ1v) is 4.89. The van der Waals surface area contributed by atoms with Crippen molar-refractivity contribution in [3.63, 3.8) is 0 Å². The Bertz CT molecular complexity index is 317. The molecule has 13 heavy (non-hydrogen) atoms. The summed E-state index contributed by atoms with van der Waals surface area (Å²) in [5, 5.41) is 0. The summed E-state index contributed by atoms with van der Waals surface area (Å²) in [6, 6.07) is 1.65. The predicted octanol–water partition coefficient (Wildman–Crippen LogP) is 3.83. The highest BCUT2D eigenvalue weighted by Gasteiger charge is 2.15. The van der Waals surface area contributed by atoms with Gasteiger partial charge in [-0.05, 0) is 40.0 Å². The molecule has 0 fully saturated rings. The van der Waals surface area contributed by atoms with E-state index >= 15 is 0 Å². The first-order chi connectivity index (χ1) is 6.06. The summed E-state index contributed by atoms with van der Waals surface area (Å²) in [6.07, 6.45) is -2.56. The number of hydrogen-bond acceptors (Lipinski definition) is 1. The second-order valence-electron chi connectivity index (χ2n) is 2.55. The maximum atomic E-state index is 12.4. The van der Waals surface area contributed by atoms with E-state index in [2.05, 4.69) is 20.9 Å². The van der Waals surface area contributed by atoms with E-state index in [1.807, 2.05) is 0 Å². The van der Waals surface area contributed by atoms with E-state index in [-0.39, 0.29) is 11.6 Å². The summed E-state index contributed by atoms with van der Waals surface area (Å²) in [5.74, 6) is 0.215. The Hall–Kier alpha value is -0.220. The van der Waals surface area contributed by atoms with Crippen molar-refractivity contribution in [3.8, 4) is 0 Å². The topological polar surface area (TPSA) is 12.9 Å². The van der Waals surface area contributed by atoms with Gasteiger partial charge in [-0.3, -0.25) is 0 Å². The molecule has 1 heterocycles. The third-order valence-electron chi connectivity index (χ3n) is 1.74. The molecule has 0 bridgehead atoms. The van der Waals surface area contributed by atoms with Crippen LogP contribution in [0.3, 0.4) is 0 Å². The number of pyridine rings is 1. The van der Waals surface area contributed by atoms with Gasteiger partial charge in [0.2, 0.25) is 0 Å². The number of nitrogens with zero attached hydrogens (tertiary/aromatic N) is 1. The van der Waals surface area contributed by atoms with Crippen molar-refractivity contribution >= 4 is 27.5 Å². The van der Waals surface area contributed by atoms with Crippen molar-refractivity contribution in [3.05, 3.63) is 27.5 Å². The Morgan fingerprint density at radius 1 is 1.62 bits per heavy atom. The summed E-state index contributed by atoms with van der Waals surface area (Å²) >= 11 is 8.64. The fourth-order valence-corrected chi connectivity index (χ4v) is 1.74. The molecule has 0 saturated heterocycles. The van der Waals surface area contributed by atoms with Gasteiger partial charge in [0, 0.05) is 5.88 Å². The van der Waals surface area contributed by atoms with E-state index < -0.39 is 6.43 Å². The smallest absolute Gasteiger partial charge is 0.240 e. The Morgan fingerprint density at radius 3 is 2.69 bits per heavy atom. The van der Waals surface area contributed by atoms with Crippen molar-refractivity contribution in [1.82, 2.24) is 4.98 Å². The number of alkyl halides is 3. The largest absolute Gasteiger partial charge is 0.280 e. The second kappa shape index (κ2) is 4.33. The predicted molar refractivity (Wildman–Crippen MR) is 51.2 cm³/mol. The van der Waals surface area contributed by atoms with Gasteiger partial charge in [0.1, 0.15) is 10.3 Å². The molecule has 0 unspecified atom stereocenters. The molecule has 0 aromatic carbocycles. The molecule has 0 amide bonds. The molecule has 5 heteroatoms. The Morgan fingerprint density at radius 2 is 2.23 bits per heavy atom. The monoisotopic (exact) mass is 269 g/mol. The number of aromatic nitrogens is 1. The van der Waals surface area contributed by atoms with Gasteiger partial charge >= 0.3 is 0 Å². The van der Waals surface area contributed by atoms with E-state index in [0.29, 0.717) is 15.7 Å². The average molecular weight is 271 g/mol. The average Bonchev–Trinajstić information content (AvgIpc) is 2.08. The first-order valence-electron chi connectivity index (χ1n) is 3.56. The maximum absolute atomic E-state index is 12.4. The fourth-order valence-electron chi connectivity index (χ4n) is 0.999. The van der Waals surface area contributed by atoms with Crippen LogP contribution in [0.2, 0.25) is 0 Å². The summed E-state index contributed by atoms with van der Waals surface area (Å²) in [5.41, 5.74) is 0.942. The molecular weight excluding hydrogens is 263 g/mol. The zero-order valence-electron chi connectivity index (χ0n) is 6.82. The van der Waals surface area contributed by atoms with Gasteiger partial charge in [-0.2, -0.15) is 0 Å². The third kappa shape index (κ3) is 2.38. The Kier molecular flexibility index (Phi) is 3.62. The van der Waals surface area contributed by atoms with Crippen molar-refractivity contribution in [2.75, 3.05) is 0 Å². The van der Waals surface area contributed by atoms with Crippen molar-refractivity contribution in [2.24, 2.45) is 0 Å². The lowest BCUT2D eigenvalue weighted by Crippen LogP contribution is -1.99. The van der Waals surface area contributed by atoms with E-state index in [1.54, 1.807) is 13.0 Å². The van der Waals surface area contributed by atoms with Gasteiger partial charge in [0.05, 0.1) is 0 Å². The molecule has 0 aliphatic carbocycles. The van der Waals surface area contributed by atoms with E-state index in [9.17, 15) is 8.78 Å². The fraction of sp³-hybridized carbons (Fsp3) is 0.375. The lowest BCUT2D eigenvalue weighted by atomic mass is 10.1. The van der Waals surface area contributed by atoms with Gasteiger partial charge in [-0.25, -0.2) is 13.8 Å². The second-order valence-corrected chi connectivity index (χ2v) is 3.63. The molecule has 0 aliphatic rings. The minimum Gasteiger partial charge on any atom is -0.240 e. The van der Waals surface area contributed by atoms with Crippen LogP contribution in [-0.4, -0.2) is 4.98 Å². The lowest BCUT2D eigenvalue weighted by molar-refractivity contribution is 0.145. The number of rotatable bonds is 2. The van der Waals surface area contributed by atoms with Crippen LogP contribution in [0.15, 0.2) is 10.7 Å². The van der Waals surface area contributed by atoms with Crippen LogP contribution < -0.4 is 0 Å². The van der Waals surface area contributed by atoms with Gasteiger partial charge in [0.25, 0.3) is 6.43 Å². The molecule has 0 saturated carbocycles. The van der Waals surface area contributed by atoms with Crippen LogP contribution in [-0.2, 0) is 5.88 Å². The first kappa shape index (κ1) is 10.9. The standard InChI is InChI=1S/C8H7BrClF2N/c1-4-5(3-10)2-6(9)13-7(4)8(11)12/h2,8H,3H2,1H3. The quantitative estimate of drug-likeness (QED) is 0.588. The minimum absolute atomic E-state index is 0.204. The Balaban J connectivity index is 3.27. The zero-order chi connectivity index (χ0) is 10.0. The number of halogens is 4. The number of hydrogen-bond donors (Lipinski definition) is 0. The molecule has 1 aromatic rings. The van der Waals surface area contributed by atoms with E-state index in [1.165, 1.54) is 0 Å². The van der Waals surface area contributed by atoms with Crippen molar-refractivity contribution in [1.29, 1.82) is 0 Å². The Labute approximate surface area is 88.2 Å². The maximum Gasteiger partial charge on any atom is 0.280 e. The van der Waals surface area contributed by atoms with Crippen LogP contribution in [0.1, 0.15) is 23.2 Å². The van der Waals surface area contributed by atoms with Gasteiger partial charge in [0.15, 0.2) is 0 Å². The van der Waals surface area contributed by atoms with E-state index in [4.69, 9.17) is 11.6 Å². The van der Waals surface area contributed by atoms with Crippen LogP contribution in [0.5, 0.6) is 0 Å². The van der Waals surface area contributed by atoms with Gasteiger partial charge in [-0.1, -0.05) is 0 Å². The molecule has 1 aromatic heterocycles. The molecule has 0 aliphatic heterocycles. The molecule has 0 radical (unpaired) electrons. The summed E-state index contributed by atoms with van der Waals surface area (Å²) in [7, 11) is 0. The molecule has 1 nitrogen and oxygen atoms in total. The van der Waals surface area contributed by atoms with Crippen LogP contribution in [0, 0.1) is 6.92 Å². The molecule has 0 N–H and O–H groups in total. The summed E-state index contributed by atoms with van der Waals surface area (Å²) in [4.78, 5) is 3.69. The van der Waals surface area contributed by atoms with Crippen molar-refractivity contribution in [2.45, 2.75) is 19.2 Å². The molecule has 0 spiro atoms. The van der Waals surface area contributed by atoms with Crippen LogP contribution in [0.25, 0.3) is 0 Å². The van der Waals surface area contributed by atoms with E-state index in [0.717, 1.165) is 0 Å². The lowest BCUT2D eigenvalue weighted by Gasteiger charge is -2.08. The minimum atomic E-state index is -2.56. The third-order valence-corrected chi connectivity index (χ3v) is 2.43. The van der Waals surface area contributed by atoms with Crippen LogP contribution >= 0.6 is 27.5 Å². The van der Waals surface area contributed by atoms with Crippen molar-refractivity contribution < 1.29 is 8.78 Å². The van der Waals surface area contributed by atoms with Gasteiger partial charge < -0.3 is 0 Å². The highest BCUT2D eigenvalue weighted by molar-refractivity contribution is 9.10. The molecule has 0 atom stereocenters. The SMILES string of the molecule is Cc1c(CCl)cc(Br)nc1C(F)F.